The molecule has 2 heterocycles. The maximum absolute atomic E-state index is 12.9. The molecule has 0 bridgehead atoms. The lowest BCUT2D eigenvalue weighted by atomic mass is 10.1. The van der Waals surface area contributed by atoms with Gasteiger partial charge in [0.1, 0.15) is 22.2 Å². The van der Waals surface area contributed by atoms with E-state index in [0.29, 0.717) is 5.71 Å². The SMILES string of the molecule is Cc1coc2c(Br)c(-c3ccc(F)cc3)nn12. The molecule has 3 nitrogen and oxygen atoms in total. The van der Waals surface area contributed by atoms with Crippen molar-refractivity contribution < 1.29 is 8.81 Å². The van der Waals surface area contributed by atoms with Gasteiger partial charge in [0.25, 0.3) is 0 Å². The summed E-state index contributed by atoms with van der Waals surface area (Å²) in [5.74, 6) is -0.260. The van der Waals surface area contributed by atoms with Crippen molar-refractivity contribution in [1.82, 2.24) is 9.61 Å². The Morgan fingerprint density at radius 3 is 2.65 bits per heavy atom. The Morgan fingerprint density at radius 2 is 2.00 bits per heavy atom. The Hall–Kier alpha value is -1.62. The van der Waals surface area contributed by atoms with Gasteiger partial charge >= 0.3 is 0 Å². The molecule has 5 heteroatoms. The third kappa shape index (κ3) is 1.58. The van der Waals surface area contributed by atoms with E-state index < -0.39 is 0 Å². The van der Waals surface area contributed by atoms with Gasteiger partial charge in [0.15, 0.2) is 0 Å². The first-order chi connectivity index (χ1) is 8.16. The third-order valence-corrected chi connectivity index (χ3v) is 3.30. The lowest BCUT2D eigenvalue weighted by Crippen LogP contribution is -1.87. The van der Waals surface area contributed by atoms with Crippen molar-refractivity contribution in [3.05, 3.63) is 46.5 Å². The van der Waals surface area contributed by atoms with Gasteiger partial charge in [-0.15, -0.1) is 0 Å². The second-order valence-corrected chi connectivity index (χ2v) is 4.56. The zero-order valence-electron chi connectivity index (χ0n) is 8.95. The Morgan fingerprint density at radius 1 is 1.29 bits per heavy atom. The largest absolute Gasteiger partial charge is 0.444 e. The van der Waals surface area contributed by atoms with Gasteiger partial charge in [-0.2, -0.15) is 5.10 Å². The summed E-state index contributed by atoms with van der Waals surface area (Å²) in [6, 6.07) is 6.21. The van der Waals surface area contributed by atoms with Crippen LogP contribution in [-0.4, -0.2) is 9.61 Å². The van der Waals surface area contributed by atoms with E-state index in [9.17, 15) is 4.39 Å². The molecule has 0 aliphatic rings. The van der Waals surface area contributed by atoms with Crippen molar-refractivity contribution >= 4 is 21.6 Å². The van der Waals surface area contributed by atoms with Crippen LogP contribution < -0.4 is 0 Å². The molecule has 0 saturated heterocycles. The summed E-state index contributed by atoms with van der Waals surface area (Å²) in [4.78, 5) is 0. The number of benzene rings is 1. The van der Waals surface area contributed by atoms with Gasteiger partial charge < -0.3 is 4.42 Å². The van der Waals surface area contributed by atoms with E-state index >= 15 is 0 Å². The van der Waals surface area contributed by atoms with Crippen molar-refractivity contribution in [2.24, 2.45) is 0 Å². The standard InChI is InChI=1S/C12H8BrFN2O/c1-7-6-17-12-10(13)11(15-16(7)12)8-2-4-9(14)5-3-8/h2-6H,1H3. The molecule has 0 radical (unpaired) electrons. The first kappa shape index (κ1) is 10.5. The number of rotatable bonds is 1. The van der Waals surface area contributed by atoms with Crippen molar-refractivity contribution in [2.45, 2.75) is 6.92 Å². The average molecular weight is 295 g/mol. The van der Waals surface area contributed by atoms with Crippen LogP contribution in [0.5, 0.6) is 0 Å². The van der Waals surface area contributed by atoms with Crippen molar-refractivity contribution in [3.63, 3.8) is 0 Å². The van der Waals surface area contributed by atoms with Gasteiger partial charge in [0.05, 0.1) is 5.69 Å². The highest BCUT2D eigenvalue weighted by atomic mass is 79.9. The van der Waals surface area contributed by atoms with Crippen molar-refractivity contribution in [3.8, 4) is 11.3 Å². The minimum Gasteiger partial charge on any atom is -0.444 e. The molecule has 17 heavy (non-hydrogen) atoms. The zero-order chi connectivity index (χ0) is 12.0. The van der Waals surface area contributed by atoms with Gasteiger partial charge in [-0.3, -0.25) is 0 Å². The molecule has 3 aromatic rings. The van der Waals surface area contributed by atoms with Crippen molar-refractivity contribution in [1.29, 1.82) is 0 Å². The molecule has 0 aliphatic heterocycles. The second kappa shape index (κ2) is 3.70. The molecule has 0 fully saturated rings. The fraction of sp³-hybridized carbons (Fsp3) is 0.0833. The Bertz CT molecular complexity index is 684. The van der Waals surface area contributed by atoms with E-state index in [0.717, 1.165) is 21.4 Å². The Labute approximate surface area is 105 Å². The van der Waals surface area contributed by atoms with E-state index in [1.807, 2.05) is 6.92 Å². The van der Waals surface area contributed by atoms with Gasteiger partial charge in [-0.05, 0) is 47.1 Å². The number of hydrogen-bond donors (Lipinski definition) is 0. The molecular formula is C12H8BrFN2O. The molecule has 3 rings (SSSR count). The van der Waals surface area contributed by atoms with Crippen LogP contribution in [0.4, 0.5) is 4.39 Å². The molecular weight excluding hydrogens is 287 g/mol. The summed E-state index contributed by atoms with van der Waals surface area (Å²) in [7, 11) is 0. The number of halogens is 2. The van der Waals surface area contributed by atoms with E-state index in [-0.39, 0.29) is 5.82 Å². The molecule has 2 aromatic heterocycles. The fourth-order valence-electron chi connectivity index (χ4n) is 1.71. The number of aromatic nitrogens is 2. The van der Waals surface area contributed by atoms with E-state index in [4.69, 9.17) is 4.42 Å². The minimum absolute atomic E-state index is 0.260. The summed E-state index contributed by atoms with van der Waals surface area (Å²) in [5, 5.41) is 4.43. The molecule has 0 N–H and O–H groups in total. The molecule has 0 saturated carbocycles. The van der Waals surface area contributed by atoms with Crippen molar-refractivity contribution in [2.75, 3.05) is 0 Å². The van der Waals surface area contributed by atoms with E-state index in [1.165, 1.54) is 12.1 Å². The third-order valence-electron chi connectivity index (χ3n) is 2.58. The summed E-state index contributed by atoms with van der Waals surface area (Å²) in [6.07, 6.45) is 1.64. The molecule has 0 aliphatic carbocycles. The highest BCUT2D eigenvalue weighted by molar-refractivity contribution is 9.10. The smallest absolute Gasteiger partial charge is 0.236 e. The minimum atomic E-state index is -0.260. The lowest BCUT2D eigenvalue weighted by molar-refractivity contribution is 0.603. The van der Waals surface area contributed by atoms with Crippen LogP contribution in [0.2, 0.25) is 0 Å². The molecule has 0 unspecified atom stereocenters. The quantitative estimate of drug-likeness (QED) is 0.683. The zero-order valence-corrected chi connectivity index (χ0v) is 10.5. The number of aryl methyl sites for hydroxylation is 1. The van der Waals surface area contributed by atoms with Gasteiger partial charge in [-0.25, -0.2) is 8.91 Å². The van der Waals surface area contributed by atoms with Crippen LogP contribution in [0.15, 0.2) is 39.4 Å². The van der Waals surface area contributed by atoms with E-state index in [2.05, 4.69) is 21.0 Å². The van der Waals surface area contributed by atoms with Gasteiger partial charge in [0, 0.05) is 5.56 Å². The van der Waals surface area contributed by atoms with Crippen LogP contribution in [-0.2, 0) is 0 Å². The summed E-state index contributed by atoms with van der Waals surface area (Å²) in [6.45, 7) is 1.91. The van der Waals surface area contributed by atoms with Crippen LogP contribution in [0.1, 0.15) is 5.69 Å². The van der Waals surface area contributed by atoms with Crippen LogP contribution >= 0.6 is 15.9 Å². The maximum Gasteiger partial charge on any atom is 0.236 e. The predicted molar refractivity (Wildman–Crippen MR) is 65.3 cm³/mol. The Kier molecular flexibility index (Phi) is 2.29. The first-order valence-corrected chi connectivity index (χ1v) is 5.84. The van der Waals surface area contributed by atoms with Crippen LogP contribution in [0, 0.1) is 12.7 Å². The highest BCUT2D eigenvalue weighted by Crippen LogP contribution is 2.32. The number of hydrogen-bond acceptors (Lipinski definition) is 2. The molecule has 86 valence electrons. The lowest BCUT2D eigenvalue weighted by Gasteiger charge is -1.96. The molecule has 1 aromatic carbocycles. The highest BCUT2D eigenvalue weighted by Gasteiger charge is 2.16. The summed E-state index contributed by atoms with van der Waals surface area (Å²) >= 11 is 3.45. The second-order valence-electron chi connectivity index (χ2n) is 3.76. The number of oxazole rings is 1. The first-order valence-electron chi connectivity index (χ1n) is 5.05. The predicted octanol–water partition coefficient (Wildman–Crippen LogP) is 3.80. The Balaban J connectivity index is 2.23. The topological polar surface area (TPSA) is 30.4 Å². The summed E-state index contributed by atoms with van der Waals surface area (Å²) < 4.78 is 20.7. The maximum atomic E-state index is 12.9. The van der Waals surface area contributed by atoms with Crippen LogP contribution in [0.25, 0.3) is 17.0 Å². The molecule has 0 atom stereocenters. The van der Waals surface area contributed by atoms with Gasteiger partial charge in [0.2, 0.25) is 5.71 Å². The normalized spacial score (nSPS) is 11.2. The summed E-state index contributed by atoms with van der Waals surface area (Å²) in [5.41, 5.74) is 3.15. The fourth-order valence-corrected chi connectivity index (χ4v) is 2.28. The molecule has 0 amide bonds. The van der Waals surface area contributed by atoms with Crippen LogP contribution in [0.3, 0.4) is 0 Å². The van der Waals surface area contributed by atoms with E-state index in [1.54, 1.807) is 22.9 Å². The average Bonchev–Trinajstić information content (AvgIpc) is 2.83. The monoisotopic (exact) mass is 294 g/mol. The number of fused-ring (bicyclic) bond motifs is 1. The molecule has 0 spiro atoms. The number of nitrogens with zero attached hydrogens (tertiary/aromatic N) is 2. The van der Waals surface area contributed by atoms with Gasteiger partial charge in [-0.1, -0.05) is 0 Å².